The van der Waals surface area contributed by atoms with E-state index in [4.69, 9.17) is 10.5 Å². The van der Waals surface area contributed by atoms with Crippen LogP contribution in [0.1, 0.15) is 18.5 Å². The second-order valence-electron chi connectivity index (χ2n) is 2.88. The molecular weight excluding hydrogens is 166 g/mol. The average Bonchev–Trinajstić information content (AvgIpc) is 2.13. The zero-order valence-electron chi connectivity index (χ0n) is 7.86. The van der Waals surface area contributed by atoms with Gasteiger partial charge in [0.05, 0.1) is 0 Å². The van der Waals surface area contributed by atoms with Crippen molar-refractivity contribution in [2.24, 2.45) is 0 Å². The van der Waals surface area contributed by atoms with Gasteiger partial charge in [0.1, 0.15) is 12.1 Å². The molecule has 4 heteroatoms. The van der Waals surface area contributed by atoms with Crippen molar-refractivity contribution in [1.29, 1.82) is 0 Å². The molecular formula is C9H15N3O. The number of rotatable bonds is 5. The molecule has 0 atom stereocenters. The monoisotopic (exact) mass is 181 g/mol. The third-order valence-electron chi connectivity index (χ3n) is 1.78. The highest BCUT2D eigenvalue weighted by atomic mass is 16.5. The molecule has 13 heavy (non-hydrogen) atoms. The number of nitrogens with two attached hydrogens (primary N) is 1. The van der Waals surface area contributed by atoms with E-state index in [2.05, 4.69) is 9.97 Å². The van der Waals surface area contributed by atoms with E-state index in [9.17, 15) is 0 Å². The number of unbranched alkanes of at least 4 members (excludes halogenated alkanes) is 1. The molecule has 0 saturated heterocycles. The predicted molar refractivity (Wildman–Crippen MR) is 51.3 cm³/mol. The summed E-state index contributed by atoms with van der Waals surface area (Å²) in [5, 5.41) is 0. The van der Waals surface area contributed by atoms with Crippen LogP contribution in [0.3, 0.4) is 0 Å². The number of hydrogen-bond acceptors (Lipinski definition) is 4. The first-order valence-electron chi connectivity index (χ1n) is 4.38. The number of methoxy groups -OCH3 is 1. The standard InChI is InChI=1S/C9H15N3O/c1-13-5-3-2-4-8-6-9(10)12-7-11-8/h6-7H,2-5H2,1H3,(H2,10,11,12). The molecule has 1 aromatic heterocycles. The maximum absolute atomic E-state index is 5.51. The van der Waals surface area contributed by atoms with Gasteiger partial charge in [0.2, 0.25) is 0 Å². The number of aromatic nitrogens is 2. The quantitative estimate of drug-likeness (QED) is 0.689. The molecule has 0 bridgehead atoms. The normalized spacial score (nSPS) is 10.2. The van der Waals surface area contributed by atoms with Crippen LogP contribution >= 0.6 is 0 Å². The van der Waals surface area contributed by atoms with Gasteiger partial charge in [0.15, 0.2) is 0 Å². The van der Waals surface area contributed by atoms with Crippen molar-refractivity contribution in [2.75, 3.05) is 19.5 Å². The van der Waals surface area contributed by atoms with E-state index in [-0.39, 0.29) is 0 Å². The van der Waals surface area contributed by atoms with Crippen LogP contribution in [0.2, 0.25) is 0 Å². The van der Waals surface area contributed by atoms with Gasteiger partial charge in [0.25, 0.3) is 0 Å². The van der Waals surface area contributed by atoms with Crippen molar-refractivity contribution in [3.05, 3.63) is 18.1 Å². The molecule has 1 rings (SSSR count). The minimum absolute atomic E-state index is 0.539. The molecule has 1 aromatic rings. The molecule has 0 aliphatic rings. The molecule has 1 heterocycles. The molecule has 4 nitrogen and oxygen atoms in total. The van der Waals surface area contributed by atoms with E-state index < -0.39 is 0 Å². The number of nitrogen functional groups attached to an aromatic ring is 1. The van der Waals surface area contributed by atoms with Crippen molar-refractivity contribution >= 4 is 5.82 Å². The summed E-state index contributed by atoms with van der Waals surface area (Å²) in [5.74, 6) is 0.539. The Morgan fingerprint density at radius 1 is 1.38 bits per heavy atom. The zero-order valence-corrected chi connectivity index (χ0v) is 7.86. The molecule has 72 valence electrons. The lowest BCUT2D eigenvalue weighted by molar-refractivity contribution is 0.193. The maximum Gasteiger partial charge on any atom is 0.126 e. The van der Waals surface area contributed by atoms with E-state index in [1.54, 1.807) is 7.11 Å². The summed E-state index contributed by atoms with van der Waals surface area (Å²) in [5.41, 5.74) is 6.52. The lowest BCUT2D eigenvalue weighted by atomic mass is 10.2. The first-order valence-corrected chi connectivity index (χ1v) is 4.38. The minimum Gasteiger partial charge on any atom is -0.385 e. The Balaban J connectivity index is 2.28. The van der Waals surface area contributed by atoms with Crippen LogP contribution in [0.25, 0.3) is 0 Å². The van der Waals surface area contributed by atoms with Gasteiger partial charge in [-0.2, -0.15) is 0 Å². The maximum atomic E-state index is 5.51. The summed E-state index contributed by atoms with van der Waals surface area (Å²) in [4.78, 5) is 7.93. The first-order chi connectivity index (χ1) is 6.33. The molecule has 0 fully saturated rings. The third kappa shape index (κ3) is 3.85. The Morgan fingerprint density at radius 2 is 2.23 bits per heavy atom. The fraction of sp³-hybridized carbons (Fsp3) is 0.556. The molecule has 0 saturated carbocycles. The molecule has 0 aliphatic carbocycles. The van der Waals surface area contributed by atoms with Crippen molar-refractivity contribution in [3.63, 3.8) is 0 Å². The molecule has 2 N–H and O–H groups in total. The van der Waals surface area contributed by atoms with Crippen molar-refractivity contribution in [3.8, 4) is 0 Å². The van der Waals surface area contributed by atoms with Crippen LogP contribution in [0.4, 0.5) is 5.82 Å². The zero-order chi connectivity index (χ0) is 9.52. The van der Waals surface area contributed by atoms with E-state index in [0.717, 1.165) is 31.6 Å². The fourth-order valence-electron chi connectivity index (χ4n) is 1.10. The Hall–Kier alpha value is -1.16. The second kappa shape index (κ2) is 5.48. The number of hydrogen-bond donors (Lipinski definition) is 1. The van der Waals surface area contributed by atoms with Gasteiger partial charge in [-0.05, 0) is 19.3 Å². The largest absolute Gasteiger partial charge is 0.385 e. The third-order valence-corrected chi connectivity index (χ3v) is 1.78. The van der Waals surface area contributed by atoms with E-state index in [1.807, 2.05) is 6.07 Å². The second-order valence-corrected chi connectivity index (χ2v) is 2.88. The van der Waals surface area contributed by atoms with Gasteiger partial charge < -0.3 is 10.5 Å². The lowest BCUT2D eigenvalue weighted by Crippen LogP contribution is -1.97. The number of aryl methyl sites for hydroxylation is 1. The topological polar surface area (TPSA) is 61.0 Å². The SMILES string of the molecule is COCCCCc1cc(N)ncn1. The van der Waals surface area contributed by atoms with Gasteiger partial charge in [-0.3, -0.25) is 0 Å². The van der Waals surface area contributed by atoms with Gasteiger partial charge in [0, 0.05) is 25.5 Å². The Bertz CT molecular complexity index is 252. The summed E-state index contributed by atoms with van der Waals surface area (Å²) in [6.07, 6.45) is 4.57. The van der Waals surface area contributed by atoms with Gasteiger partial charge in [-0.15, -0.1) is 0 Å². The highest BCUT2D eigenvalue weighted by Gasteiger charge is 1.95. The number of nitrogens with zero attached hydrogens (tertiary/aromatic N) is 2. The Kier molecular flexibility index (Phi) is 4.18. The van der Waals surface area contributed by atoms with Crippen LogP contribution in [-0.4, -0.2) is 23.7 Å². The summed E-state index contributed by atoms with van der Waals surface area (Å²) >= 11 is 0. The Morgan fingerprint density at radius 3 is 2.92 bits per heavy atom. The number of anilines is 1. The summed E-state index contributed by atoms with van der Waals surface area (Å²) in [6.45, 7) is 0.806. The van der Waals surface area contributed by atoms with Gasteiger partial charge >= 0.3 is 0 Å². The summed E-state index contributed by atoms with van der Waals surface area (Å²) in [7, 11) is 1.71. The summed E-state index contributed by atoms with van der Waals surface area (Å²) in [6, 6.07) is 1.81. The Labute approximate surface area is 78.1 Å². The minimum atomic E-state index is 0.539. The summed E-state index contributed by atoms with van der Waals surface area (Å²) < 4.78 is 4.95. The van der Waals surface area contributed by atoms with E-state index >= 15 is 0 Å². The fourth-order valence-corrected chi connectivity index (χ4v) is 1.10. The predicted octanol–water partition coefficient (Wildman–Crippen LogP) is 1.03. The average molecular weight is 181 g/mol. The van der Waals surface area contributed by atoms with Crippen molar-refractivity contribution < 1.29 is 4.74 Å². The van der Waals surface area contributed by atoms with Crippen LogP contribution in [0.5, 0.6) is 0 Å². The van der Waals surface area contributed by atoms with Crippen LogP contribution in [-0.2, 0) is 11.2 Å². The molecule has 0 aromatic carbocycles. The molecule has 0 unspecified atom stereocenters. The molecule has 0 radical (unpaired) electrons. The van der Waals surface area contributed by atoms with Crippen LogP contribution in [0, 0.1) is 0 Å². The van der Waals surface area contributed by atoms with Crippen molar-refractivity contribution in [2.45, 2.75) is 19.3 Å². The van der Waals surface area contributed by atoms with E-state index in [0.29, 0.717) is 5.82 Å². The molecule has 0 amide bonds. The first kappa shape index (κ1) is 9.92. The molecule has 0 aliphatic heterocycles. The van der Waals surface area contributed by atoms with E-state index in [1.165, 1.54) is 6.33 Å². The smallest absolute Gasteiger partial charge is 0.126 e. The van der Waals surface area contributed by atoms with Crippen LogP contribution < -0.4 is 5.73 Å². The number of ether oxygens (including phenoxy) is 1. The highest BCUT2D eigenvalue weighted by molar-refractivity contribution is 5.27. The van der Waals surface area contributed by atoms with Crippen molar-refractivity contribution in [1.82, 2.24) is 9.97 Å². The lowest BCUT2D eigenvalue weighted by Gasteiger charge is -2.00. The van der Waals surface area contributed by atoms with Gasteiger partial charge in [-0.25, -0.2) is 9.97 Å². The van der Waals surface area contributed by atoms with Gasteiger partial charge in [-0.1, -0.05) is 0 Å². The van der Waals surface area contributed by atoms with Crippen LogP contribution in [0.15, 0.2) is 12.4 Å². The highest BCUT2D eigenvalue weighted by Crippen LogP contribution is 2.03. The molecule has 0 spiro atoms.